The number of halogens is 1. The van der Waals surface area contributed by atoms with Gasteiger partial charge in [0.15, 0.2) is 0 Å². The first-order valence-corrected chi connectivity index (χ1v) is 6.96. The first-order valence-electron chi connectivity index (χ1n) is 6.08. The Bertz CT molecular complexity index is 403. The number of amides is 1. The third-order valence-electron chi connectivity index (χ3n) is 2.84. The van der Waals surface area contributed by atoms with Gasteiger partial charge in [-0.2, -0.15) is 0 Å². The number of carbonyl (C=O) groups excluding carboxylic acids is 1. The number of hydrogen-bond acceptors (Lipinski definition) is 2. The molecule has 0 fully saturated rings. The van der Waals surface area contributed by atoms with Crippen LogP contribution in [0.4, 0.5) is 4.39 Å². The summed E-state index contributed by atoms with van der Waals surface area (Å²) in [6.45, 7) is 7.90. The lowest BCUT2D eigenvalue weighted by Crippen LogP contribution is -2.46. The van der Waals surface area contributed by atoms with Crippen LogP contribution in [0.5, 0.6) is 0 Å². The largest absolute Gasteiger partial charge is 0.350 e. The Kier molecular flexibility index (Phi) is 5.20. The third-order valence-corrected chi connectivity index (χ3v) is 3.95. The molecule has 1 amide bonds. The van der Waals surface area contributed by atoms with E-state index >= 15 is 0 Å². The van der Waals surface area contributed by atoms with Crippen molar-refractivity contribution in [3.8, 4) is 0 Å². The molecule has 0 aliphatic rings. The summed E-state index contributed by atoms with van der Waals surface area (Å²) in [5.41, 5.74) is -0.186. The van der Waals surface area contributed by atoms with E-state index in [0.717, 1.165) is 11.3 Å². The van der Waals surface area contributed by atoms with Crippen molar-refractivity contribution in [3.05, 3.63) is 30.1 Å². The Hall–Kier alpha value is -1.03. The van der Waals surface area contributed by atoms with Gasteiger partial charge in [0.25, 0.3) is 0 Å². The van der Waals surface area contributed by atoms with Crippen LogP contribution in [0.2, 0.25) is 0 Å². The van der Waals surface area contributed by atoms with E-state index in [0.29, 0.717) is 0 Å². The second-order valence-electron chi connectivity index (χ2n) is 4.94. The van der Waals surface area contributed by atoms with Crippen LogP contribution in [0.25, 0.3) is 0 Å². The number of hydrogen-bond donors (Lipinski definition) is 1. The minimum Gasteiger partial charge on any atom is -0.350 e. The summed E-state index contributed by atoms with van der Waals surface area (Å²) < 4.78 is 12.8. The molecule has 1 N–H and O–H groups in total. The molecular weight excluding hydrogens is 249 g/mol. The van der Waals surface area contributed by atoms with Gasteiger partial charge in [-0.05, 0) is 51.5 Å². The van der Waals surface area contributed by atoms with Crippen molar-refractivity contribution in [3.63, 3.8) is 0 Å². The van der Waals surface area contributed by atoms with Crippen LogP contribution in [-0.2, 0) is 4.79 Å². The van der Waals surface area contributed by atoms with Crippen molar-refractivity contribution in [1.82, 2.24) is 5.32 Å². The fourth-order valence-electron chi connectivity index (χ4n) is 1.29. The smallest absolute Gasteiger partial charge is 0.233 e. The van der Waals surface area contributed by atoms with Crippen LogP contribution < -0.4 is 5.32 Å². The predicted octanol–water partition coefficient (Wildman–Crippen LogP) is 3.61. The highest BCUT2D eigenvalue weighted by molar-refractivity contribution is 8.00. The zero-order valence-electron chi connectivity index (χ0n) is 11.3. The molecular formula is C14H20FNOS. The summed E-state index contributed by atoms with van der Waals surface area (Å²) in [5.74, 6) is -0.250. The maximum Gasteiger partial charge on any atom is 0.233 e. The van der Waals surface area contributed by atoms with Crippen molar-refractivity contribution >= 4 is 17.7 Å². The van der Waals surface area contributed by atoms with Crippen molar-refractivity contribution in [2.75, 3.05) is 0 Å². The van der Waals surface area contributed by atoms with E-state index in [4.69, 9.17) is 0 Å². The quantitative estimate of drug-likeness (QED) is 0.827. The van der Waals surface area contributed by atoms with Crippen LogP contribution in [0.15, 0.2) is 29.2 Å². The van der Waals surface area contributed by atoms with Gasteiger partial charge in [0.2, 0.25) is 5.91 Å². The minimum atomic E-state index is -0.261. The molecule has 0 radical (unpaired) electrons. The molecule has 0 aliphatic heterocycles. The number of benzene rings is 1. The van der Waals surface area contributed by atoms with Gasteiger partial charge >= 0.3 is 0 Å². The Labute approximate surface area is 112 Å². The van der Waals surface area contributed by atoms with Gasteiger partial charge in [0.1, 0.15) is 5.82 Å². The molecule has 0 aromatic heterocycles. The standard InChI is InChI=1S/C14H20FNOS/c1-5-14(3,4)16-13(17)10(2)18-12-8-6-11(15)7-9-12/h6-10H,5H2,1-4H3,(H,16,17). The molecule has 4 heteroatoms. The Morgan fingerprint density at radius 2 is 1.94 bits per heavy atom. The molecule has 0 spiro atoms. The molecule has 0 bridgehead atoms. The van der Waals surface area contributed by atoms with Gasteiger partial charge in [0, 0.05) is 10.4 Å². The highest BCUT2D eigenvalue weighted by Crippen LogP contribution is 2.24. The molecule has 1 aromatic rings. The average molecular weight is 269 g/mol. The fourth-order valence-corrected chi connectivity index (χ4v) is 2.16. The summed E-state index contributed by atoms with van der Waals surface area (Å²) in [4.78, 5) is 12.9. The van der Waals surface area contributed by atoms with Gasteiger partial charge in [0.05, 0.1) is 5.25 Å². The summed E-state index contributed by atoms with van der Waals surface area (Å²) in [7, 11) is 0. The van der Waals surface area contributed by atoms with E-state index in [9.17, 15) is 9.18 Å². The maximum atomic E-state index is 12.8. The summed E-state index contributed by atoms with van der Waals surface area (Å²) >= 11 is 1.43. The highest BCUT2D eigenvalue weighted by atomic mass is 32.2. The van der Waals surface area contributed by atoms with Crippen LogP contribution >= 0.6 is 11.8 Å². The van der Waals surface area contributed by atoms with Crippen molar-refractivity contribution in [1.29, 1.82) is 0 Å². The lowest BCUT2D eigenvalue weighted by Gasteiger charge is -2.26. The lowest BCUT2D eigenvalue weighted by atomic mass is 10.0. The van der Waals surface area contributed by atoms with Crippen molar-refractivity contribution < 1.29 is 9.18 Å². The zero-order chi connectivity index (χ0) is 13.8. The lowest BCUT2D eigenvalue weighted by molar-refractivity contribution is -0.121. The van der Waals surface area contributed by atoms with Crippen LogP contribution in [0, 0.1) is 5.82 Å². The number of thioether (sulfide) groups is 1. The monoisotopic (exact) mass is 269 g/mol. The first kappa shape index (κ1) is 15.0. The molecule has 2 nitrogen and oxygen atoms in total. The average Bonchev–Trinajstić information content (AvgIpc) is 2.31. The minimum absolute atomic E-state index is 0.0103. The van der Waals surface area contributed by atoms with E-state index < -0.39 is 0 Å². The third kappa shape index (κ3) is 4.69. The molecule has 1 aromatic carbocycles. The van der Waals surface area contributed by atoms with Gasteiger partial charge in [-0.25, -0.2) is 4.39 Å². The molecule has 0 saturated carbocycles. The van der Waals surface area contributed by atoms with E-state index in [-0.39, 0.29) is 22.5 Å². The molecule has 1 rings (SSSR count). The van der Waals surface area contributed by atoms with Gasteiger partial charge in [-0.3, -0.25) is 4.79 Å². The molecule has 18 heavy (non-hydrogen) atoms. The van der Waals surface area contributed by atoms with Crippen LogP contribution in [-0.4, -0.2) is 16.7 Å². The predicted molar refractivity (Wildman–Crippen MR) is 74.2 cm³/mol. The van der Waals surface area contributed by atoms with E-state index in [2.05, 4.69) is 5.32 Å². The van der Waals surface area contributed by atoms with Crippen LogP contribution in [0.3, 0.4) is 0 Å². The SMILES string of the molecule is CCC(C)(C)NC(=O)C(C)Sc1ccc(F)cc1. The van der Waals surface area contributed by atoms with Crippen molar-refractivity contribution in [2.45, 2.75) is 49.8 Å². The molecule has 100 valence electrons. The Morgan fingerprint density at radius 3 is 2.44 bits per heavy atom. The van der Waals surface area contributed by atoms with E-state index in [1.165, 1.54) is 23.9 Å². The Balaban J connectivity index is 2.57. The van der Waals surface area contributed by atoms with Crippen molar-refractivity contribution in [2.24, 2.45) is 0 Å². The molecule has 0 aliphatic carbocycles. The van der Waals surface area contributed by atoms with Gasteiger partial charge < -0.3 is 5.32 Å². The number of carbonyl (C=O) groups is 1. The highest BCUT2D eigenvalue weighted by Gasteiger charge is 2.22. The van der Waals surface area contributed by atoms with E-state index in [1.807, 2.05) is 27.7 Å². The molecule has 1 unspecified atom stereocenters. The summed E-state index contributed by atoms with van der Waals surface area (Å²) in [6, 6.07) is 6.19. The van der Waals surface area contributed by atoms with Gasteiger partial charge in [-0.15, -0.1) is 11.8 Å². The fraction of sp³-hybridized carbons (Fsp3) is 0.500. The Morgan fingerprint density at radius 1 is 1.39 bits per heavy atom. The molecule has 0 heterocycles. The topological polar surface area (TPSA) is 29.1 Å². The second-order valence-corrected chi connectivity index (χ2v) is 6.35. The summed E-state index contributed by atoms with van der Waals surface area (Å²) in [6.07, 6.45) is 0.882. The van der Waals surface area contributed by atoms with E-state index in [1.54, 1.807) is 12.1 Å². The second kappa shape index (κ2) is 6.23. The normalized spacial score (nSPS) is 13.2. The molecule has 0 saturated heterocycles. The summed E-state index contributed by atoms with van der Waals surface area (Å²) in [5, 5.41) is 2.81. The molecule has 1 atom stereocenters. The van der Waals surface area contributed by atoms with Crippen LogP contribution in [0.1, 0.15) is 34.1 Å². The number of rotatable bonds is 5. The van der Waals surface area contributed by atoms with Gasteiger partial charge in [-0.1, -0.05) is 6.92 Å². The maximum absolute atomic E-state index is 12.8. The zero-order valence-corrected chi connectivity index (χ0v) is 12.1. The number of nitrogens with one attached hydrogen (secondary N) is 1. The first-order chi connectivity index (χ1) is 8.34.